The number of aromatic nitrogens is 3. The second kappa shape index (κ2) is 5.46. The highest BCUT2D eigenvalue weighted by Crippen LogP contribution is 2.17. The summed E-state index contributed by atoms with van der Waals surface area (Å²) in [5.41, 5.74) is 0.785. The summed E-state index contributed by atoms with van der Waals surface area (Å²) in [6, 6.07) is 0. The van der Waals surface area contributed by atoms with E-state index in [9.17, 15) is 4.79 Å². The van der Waals surface area contributed by atoms with Gasteiger partial charge in [0, 0.05) is 22.5 Å². The summed E-state index contributed by atoms with van der Waals surface area (Å²) < 4.78 is 3.74. The van der Waals surface area contributed by atoms with E-state index in [0.717, 1.165) is 21.7 Å². The zero-order valence-corrected chi connectivity index (χ0v) is 10.1. The smallest absolute Gasteiger partial charge is 0.328 e. The van der Waals surface area contributed by atoms with Crippen molar-refractivity contribution in [2.45, 2.75) is 0 Å². The minimum Gasteiger partial charge on any atom is -0.478 e. The van der Waals surface area contributed by atoms with Crippen molar-refractivity contribution in [3.8, 4) is 0 Å². The SMILES string of the molecule is O=C(O)C=Cc1cnc(C=Cc2csnn2)s1. The molecule has 0 atom stereocenters. The van der Waals surface area contributed by atoms with Crippen LogP contribution in [0.15, 0.2) is 17.7 Å². The van der Waals surface area contributed by atoms with Crippen LogP contribution in [0.4, 0.5) is 0 Å². The predicted molar refractivity (Wildman–Crippen MR) is 67.6 cm³/mol. The van der Waals surface area contributed by atoms with Crippen LogP contribution in [0.1, 0.15) is 15.6 Å². The normalized spacial score (nSPS) is 11.5. The van der Waals surface area contributed by atoms with Crippen LogP contribution in [0.2, 0.25) is 0 Å². The summed E-state index contributed by atoms with van der Waals surface area (Å²) in [5, 5.41) is 15.0. The van der Waals surface area contributed by atoms with E-state index in [-0.39, 0.29) is 0 Å². The molecule has 86 valence electrons. The summed E-state index contributed by atoms with van der Waals surface area (Å²) in [6.07, 6.45) is 7.86. The second-order valence-electron chi connectivity index (χ2n) is 2.94. The maximum absolute atomic E-state index is 10.3. The van der Waals surface area contributed by atoms with Gasteiger partial charge in [0.15, 0.2) is 0 Å². The van der Waals surface area contributed by atoms with Gasteiger partial charge in [-0.2, -0.15) is 0 Å². The molecule has 0 aromatic carbocycles. The Morgan fingerprint density at radius 1 is 1.35 bits per heavy atom. The van der Waals surface area contributed by atoms with Crippen molar-refractivity contribution < 1.29 is 9.90 Å². The molecule has 1 N–H and O–H groups in total. The number of nitrogens with zero attached hydrogens (tertiary/aromatic N) is 3. The fraction of sp³-hybridized carbons (Fsp3) is 0. The van der Waals surface area contributed by atoms with Gasteiger partial charge in [0.05, 0.1) is 5.69 Å². The van der Waals surface area contributed by atoms with Gasteiger partial charge in [0.1, 0.15) is 5.01 Å². The molecule has 0 saturated carbocycles. The molecule has 2 heterocycles. The highest BCUT2D eigenvalue weighted by molar-refractivity contribution is 7.13. The molecular weight excluding hydrogens is 258 g/mol. The minimum atomic E-state index is -0.968. The molecule has 0 amide bonds. The quantitative estimate of drug-likeness (QED) is 0.858. The first-order chi connectivity index (χ1) is 8.24. The molecule has 0 aliphatic carbocycles. The van der Waals surface area contributed by atoms with Crippen molar-refractivity contribution in [1.29, 1.82) is 0 Å². The second-order valence-corrected chi connectivity index (χ2v) is 4.64. The highest BCUT2D eigenvalue weighted by Gasteiger charge is 1.97. The Morgan fingerprint density at radius 3 is 2.94 bits per heavy atom. The van der Waals surface area contributed by atoms with Gasteiger partial charge in [-0.25, -0.2) is 9.78 Å². The number of hydrogen-bond acceptors (Lipinski definition) is 6. The van der Waals surface area contributed by atoms with Crippen LogP contribution >= 0.6 is 22.9 Å². The van der Waals surface area contributed by atoms with Crippen LogP contribution < -0.4 is 0 Å². The molecule has 2 aromatic heterocycles. The standard InChI is InChI=1S/C10H7N3O2S2/c14-10(15)4-2-8-5-11-9(17-8)3-1-7-6-16-13-12-7/h1-6H,(H,14,15). The molecule has 17 heavy (non-hydrogen) atoms. The first kappa shape index (κ1) is 11.6. The number of carboxylic acid groups (broad SMARTS) is 1. The van der Waals surface area contributed by atoms with Crippen LogP contribution in [0.3, 0.4) is 0 Å². The van der Waals surface area contributed by atoms with Crippen molar-refractivity contribution in [2.24, 2.45) is 0 Å². The number of aliphatic carboxylic acids is 1. The van der Waals surface area contributed by atoms with Gasteiger partial charge in [-0.15, -0.1) is 16.4 Å². The Morgan fingerprint density at radius 2 is 2.24 bits per heavy atom. The number of rotatable bonds is 4. The zero-order chi connectivity index (χ0) is 12.1. The maximum Gasteiger partial charge on any atom is 0.328 e. The van der Waals surface area contributed by atoms with Crippen LogP contribution in [-0.2, 0) is 4.79 Å². The van der Waals surface area contributed by atoms with E-state index >= 15 is 0 Å². The fourth-order valence-electron chi connectivity index (χ4n) is 1.01. The van der Waals surface area contributed by atoms with Gasteiger partial charge in [0.2, 0.25) is 0 Å². The molecule has 0 spiro atoms. The van der Waals surface area contributed by atoms with E-state index in [4.69, 9.17) is 5.11 Å². The average Bonchev–Trinajstić information content (AvgIpc) is 2.95. The molecule has 2 rings (SSSR count). The molecule has 0 radical (unpaired) electrons. The highest BCUT2D eigenvalue weighted by atomic mass is 32.1. The molecule has 0 saturated heterocycles. The molecule has 5 nitrogen and oxygen atoms in total. The van der Waals surface area contributed by atoms with Crippen LogP contribution in [0.25, 0.3) is 18.2 Å². The van der Waals surface area contributed by atoms with Gasteiger partial charge >= 0.3 is 5.97 Å². The fourth-order valence-corrected chi connectivity index (χ4v) is 2.16. The molecule has 2 aromatic rings. The van der Waals surface area contributed by atoms with Gasteiger partial charge in [-0.05, 0) is 29.8 Å². The monoisotopic (exact) mass is 265 g/mol. The third-order valence-corrected chi connectivity index (χ3v) is 3.16. The van der Waals surface area contributed by atoms with E-state index in [1.165, 1.54) is 28.9 Å². The molecule has 0 bridgehead atoms. The lowest BCUT2D eigenvalue weighted by Crippen LogP contribution is -1.84. The van der Waals surface area contributed by atoms with E-state index in [1.54, 1.807) is 6.20 Å². The van der Waals surface area contributed by atoms with Crippen molar-refractivity contribution >= 4 is 47.1 Å². The largest absolute Gasteiger partial charge is 0.478 e. The molecule has 0 aliphatic heterocycles. The van der Waals surface area contributed by atoms with Gasteiger partial charge in [-0.3, -0.25) is 0 Å². The molecule has 0 unspecified atom stereocenters. The van der Waals surface area contributed by atoms with Gasteiger partial charge < -0.3 is 5.11 Å². The Bertz CT molecular complexity index is 558. The summed E-state index contributed by atoms with van der Waals surface area (Å²) in [5.74, 6) is -0.968. The van der Waals surface area contributed by atoms with Crippen molar-refractivity contribution in [1.82, 2.24) is 14.6 Å². The van der Waals surface area contributed by atoms with Crippen molar-refractivity contribution in [2.75, 3.05) is 0 Å². The first-order valence-corrected chi connectivity index (χ1v) is 6.21. The Hall–Kier alpha value is -1.86. The number of carbonyl (C=O) groups is 1. The lowest BCUT2D eigenvalue weighted by Gasteiger charge is -1.81. The van der Waals surface area contributed by atoms with Gasteiger partial charge in [0.25, 0.3) is 0 Å². The average molecular weight is 265 g/mol. The topological polar surface area (TPSA) is 76.0 Å². The van der Waals surface area contributed by atoms with Crippen LogP contribution in [-0.4, -0.2) is 25.6 Å². The minimum absolute atomic E-state index is 0.785. The Labute approximate surface area is 105 Å². The zero-order valence-electron chi connectivity index (χ0n) is 8.48. The predicted octanol–water partition coefficient (Wildman–Crippen LogP) is 2.26. The van der Waals surface area contributed by atoms with E-state index in [1.807, 2.05) is 17.5 Å². The van der Waals surface area contributed by atoms with E-state index < -0.39 is 5.97 Å². The third-order valence-electron chi connectivity index (χ3n) is 1.71. The van der Waals surface area contributed by atoms with E-state index in [2.05, 4.69) is 14.6 Å². The molecule has 0 fully saturated rings. The lowest BCUT2D eigenvalue weighted by molar-refractivity contribution is -0.131. The number of hydrogen-bond donors (Lipinski definition) is 1. The van der Waals surface area contributed by atoms with Gasteiger partial charge in [-0.1, -0.05) is 4.49 Å². The first-order valence-electron chi connectivity index (χ1n) is 4.56. The van der Waals surface area contributed by atoms with Crippen LogP contribution in [0, 0.1) is 0 Å². The van der Waals surface area contributed by atoms with Crippen molar-refractivity contribution in [3.05, 3.63) is 33.2 Å². The Kier molecular flexibility index (Phi) is 3.73. The summed E-state index contributed by atoms with van der Waals surface area (Å²) in [7, 11) is 0. The molecule has 0 aliphatic rings. The lowest BCUT2D eigenvalue weighted by atomic mass is 10.4. The van der Waals surface area contributed by atoms with Crippen molar-refractivity contribution in [3.63, 3.8) is 0 Å². The number of carboxylic acids is 1. The third kappa shape index (κ3) is 3.58. The Balaban J connectivity index is 2.06. The molecular formula is C10H7N3O2S2. The summed E-state index contributed by atoms with van der Waals surface area (Å²) in [4.78, 5) is 15.3. The molecule has 7 heteroatoms. The summed E-state index contributed by atoms with van der Waals surface area (Å²) >= 11 is 2.69. The summed E-state index contributed by atoms with van der Waals surface area (Å²) in [6.45, 7) is 0. The number of thiazole rings is 1. The van der Waals surface area contributed by atoms with E-state index in [0.29, 0.717) is 0 Å². The maximum atomic E-state index is 10.3. The van der Waals surface area contributed by atoms with Crippen LogP contribution in [0.5, 0.6) is 0 Å².